The van der Waals surface area contributed by atoms with Crippen molar-refractivity contribution in [3.8, 4) is 34.3 Å². The average molecular weight is 615 g/mol. The van der Waals surface area contributed by atoms with Gasteiger partial charge >= 0.3 is 5.97 Å². The number of rotatable bonds is 15. The van der Waals surface area contributed by atoms with Crippen LogP contribution in [0.25, 0.3) is 22.3 Å². The van der Waals surface area contributed by atoms with Gasteiger partial charge in [-0.1, -0.05) is 79.8 Å². The quantitative estimate of drug-likeness (QED) is 0.0842. The normalized spacial score (nSPS) is 12.0. The van der Waals surface area contributed by atoms with Crippen molar-refractivity contribution >= 4 is 16.9 Å². The molecule has 0 amide bonds. The molecular weight excluding hydrogens is 572 g/mol. The van der Waals surface area contributed by atoms with Gasteiger partial charge < -0.3 is 29.9 Å². The zero-order valence-electron chi connectivity index (χ0n) is 25.5. The maximum Gasteiger partial charge on any atom is 0.303 e. The van der Waals surface area contributed by atoms with Crippen LogP contribution < -0.4 is 5.43 Å². The summed E-state index contributed by atoms with van der Waals surface area (Å²) in [6.07, 6.45) is 32.5. The molecule has 0 fully saturated rings. The van der Waals surface area contributed by atoms with Gasteiger partial charge in [-0.2, -0.15) is 0 Å². The van der Waals surface area contributed by atoms with Gasteiger partial charge in [0, 0.05) is 18.1 Å². The molecule has 2 aromatic carbocycles. The maximum atomic E-state index is 12.1. The highest BCUT2D eigenvalue weighted by Crippen LogP contribution is 2.35. The molecule has 3 aromatic rings. The summed E-state index contributed by atoms with van der Waals surface area (Å²) in [6.45, 7) is 2.15. The molecule has 0 unspecified atom stereocenters. The highest BCUT2D eigenvalue weighted by Gasteiger charge is 2.16. The number of phenols is 3. The molecule has 0 saturated heterocycles. The van der Waals surface area contributed by atoms with Gasteiger partial charge in [0.15, 0.2) is 17.3 Å². The monoisotopic (exact) mass is 614 g/mol. The molecule has 5 N–H and O–H groups in total. The predicted octanol–water partition coefficient (Wildman–Crippen LogP) is 8.83. The molecular formula is C37H42O8. The van der Waals surface area contributed by atoms with Crippen LogP contribution in [-0.4, -0.2) is 31.5 Å². The molecule has 0 bridgehead atoms. The second-order valence-electron chi connectivity index (χ2n) is 9.84. The topological polar surface area (TPSA) is 148 Å². The Hall–Kier alpha value is -5.24. The SMILES string of the molecule is CC/C=C\C/C=C\C/C=C\C/C=C\C/C=C\C/C=C\CCC(=O)O.O=c1c(O)c(-c2ccc(O)c(O)c2)oc2cc(O)ccc12. The lowest BCUT2D eigenvalue weighted by Gasteiger charge is -2.07. The first kappa shape index (κ1) is 36.0. The smallest absolute Gasteiger partial charge is 0.303 e. The summed E-state index contributed by atoms with van der Waals surface area (Å²) in [5, 5.41) is 46.8. The number of benzene rings is 2. The van der Waals surface area contributed by atoms with E-state index in [0.717, 1.165) is 44.6 Å². The zero-order valence-corrected chi connectivity index (χ0v) is 25.5. The van der Waals surface area contributed by atoms with Crippen LogP contribution >= 0.6 is 0 Å². The number of carboxylic acids is 1. The van der Waals surface area contributed by atoms with Gasteiger partial charge in [0.25, 0.3) is 0 Å². The second-order valence-corrected chi connectivity index (χ2v) is 9.84. The maximum absolute atomic E-state index is 12.1. The highest BCUT2D eigenvalue weighted by atomic mass is 16.4. The molecule has 8 nitrogen and oxygen atoms in total. The van der Waals surface area contributed by atoms with Crippen molar-refractivity contribution < 1.29 is 34.7 Å². The lowest BCUT2D eigenvalue weighted by Crippen LogP contribution is -2.02. The van der Waals surface area contributed by atoms with Crippen molar-refractivity contribution in [3.63, 3.8) is 0 Å². The van der Waals surface area contributed by atoms with Crippen LogP contribution in [0.5, 0.6) is 23.0 Å². The Balaban J connectivity index is 0.000000315. The highest BCUT2D eigenvalue weighted by molar-refractivity contribution is 5.83. The fraction of sp³-hybridized carbons (Fsp3) is 0.243. The number of carboxylic acid groups (broad SMARTS) is 1. The average Bonchev–Trinajstić information content (AvgIpc) is 3.01. The number of carbonyl (C=O) groups is 1. The van der Waals surface area contributed by atoms with Crippen molar-refractivity contribution in [3.05, 3.63) is 120 Å². The number of aromatic hydroxyl groups is 4. The molecule has 0 aliphatic rings. The minimum absolute atomic E-state index is 0.0872. The molecule has 1 aromatic heterocycles. The Morgan fingerprint density at radius 3 is 1.73 bits per heavy atom. The molecule has 0 aliphatic carbocycles. The first-order valence-electron chi connectivity index (χ1n) is 14.9. The number of hydrogen-bond donors (Lipinski definition) is 5. The number of aliphatic carboxylic acids is 1. The van der Waals surface area contributed by atoms with E-state index >= 15 is 0 Å². The zero-order chi connectivity index (χ0) is 32.9. The molecule has 45 heavy (non-hydrogen) atoms. The molecule has 0 aliphatic heterocycles. The molecule has 1 heterocycles. The van der Waals surface area contributed by atoms with Crippen LogP contribution in [-0.2, 0) is 4.79 Å². The van der Waals surface area contributed by atoms with Gasteiger partial charge in [-0.3, -0.25) is 9.59 Å². The van der Waals surface area contributed by atoms with E-state index in [1.807, 2.05) is 12.2 Å². The molecule has 0 spiro atoms. The van der Waals surface area contributed by atoms with Gasteiger partial charge in [0.05, 0.1) is 5.39 Å². The van der Waals surface area contributed by atoms with Gasteiger partial charge in [-0.05, 0) is 75.3 Å². The summed E-state index contributed by atoms with van der Waals surface area (Å²) in [5.74, 6) is -2.35. The first-order valence-corrected chi connectivity index (χ1v) is 14.9. The van der Waals surface area contributed by atoms with Crippen LogP contribution in [0.4, 0.5) is 0 Å². The standard InChI is InChI=1S/C22H32O2.C15H10O6/c1-2-3-4-5-6-7-8-9-10-11-12-13-14-15-16-17-18-19-20-21-22(23)24;16-8-2-3-9-12(6-8)21-15(14(20)13(9)19)7-1-4-10(17)11(18)5-7/h3-4,6-7,9-10,12-13,15-16,18-19H,2,5,8,11,14,17,20-21H2,1H3,(H,23,24);1-6,16-18,20H/b4-3-,7-6-,10-9-,13-12-,16-15-,19-18-;. The lowest BCUT2D eigenvalue weighted by molar-refractivity contribution is -0.136. The fourth-order valence-corrected chi connectivity index (χ4v) is 3.88. The van der Waals surface area contributed by atoms with E-state index in [-0.39, 0.29) is 40.2 Å². The van der Waals surface area contributed by atoms with E-state index < -0.39 is 22.9 Å². The molecule has 0 saturated carbocycles. The Bertz CT molecular complexity index is 1600. The Morgan fingerprint density at radius 1 is 0.689 bits per heavy atom. The summed E-state index contributed by atoms with van der Waals surface area (Å²) in [4.78, 5) is 22.4. The third kappa shape index (κ3) is 13.7. The molecule has 238 valence electrons. The second kappa shape index (κ2) is 20.6. The van der Waals surface area contributed by atoms with E-state index in [1.165, 1.54) is 30.3 Å². The Labute approximate surface area is 263 Å². The van der Waals surface area contributed by atoms with E-state index in [0.29, 0.717) is 6.42 Å². The van der Waals surface area contributed by atoms with Gasteiger partial charge in [-0.25, -0.2) is 0 Å². The van der Waals surface area contributed by atoms with Crippen LogP contribution in [0.1, 0.15) is 58.3 Å². The third-order valence-electron chi connectivity index (χ3n) is 6.21. The van der Waals surface area contributed by atoms with E-state index in [4.69, 9.17) is 9.52 Å². The van der Waals surface area contributed by atoms with Crippen molar-refractivity contribution in [2.45, 2.75) is 58.3 Å². The predicted molar refractivity (Wildman–Crippen MR) is 180 cm³/mol. The van der Waals surface area contributed by atoms with Crippen LogP contribution in [0.3, 0.4) is 0 Å². The van der Waals surface area contributed by atoms with Gasteiger partial charge in [0.1, 0.15) is 11.3 Å². The van der Waals surface area contributed by atoms with Gasteiger partial charge in [-0.15, -0.1) is 0 Å². The summed E-state index contributed by atoms with van der Waals surface area (Å²) in [6, 6.07) is 7.64. The number of hydrogen-bond acceptors (Lipinski definition) is 7. The van der Waals surface area contributed by atoms with Crippen LogP contribution in [0.15, 0.2) is 119 Å². The number of fused-ring (bicyclic) bond motifs is 1. The Kier molecular flexibility index (Phi) is 16.5. The van der Waals surface area contributed by atoms with Crippen LogP contribution in [0.2, 0.25) is 0 Å². The summed E-state index contributed by atoms with van der Waals surface area (Å²) < 4.78 is 5.43. The fourth-order valence-electron chi connectivity index (χ4n) is 3.88. The molecule has 3 rings (SSSR count). The van der Waals surface area contributed by atoms with Crippen molar-refractivity contribution in [1.82, 2.24) is 0 Å². The molecule has 0 radical (unpaired) electrons. The number of phenolic OH excluding ortho intramolecular Hbond substituents is 3. The van der Waals surface area contributed by atoms with Crippen molar-refractivity contribution in [1.29, 1.82) is 0 Å². The van der Waals surface area contributed by atoms with E-state index in [2.05, 4.69) is 67.7 Å². The third-order valence-corrected chi connectivity index (χ3v) is 6.21. The van der Waals surface area contributed by atoms with Gasteiger partial charge in [0.2, 0.25) is 11.2 Å². The largest absolute Gasteiger partial charge is 0.508 e. The Morgan fingerprint density at radius 2 is 1.22 bits per heavy atom. The van der Waals surface area contributed by atoms with Crippen molar-refractivity contribution in [2.24, 2.45) is 0 Å². The minimum atomic E-state index is -0.741. The first-order chi connectivity index (χ1) is 21.7. The summed E-state index contributed by atoms with van der Waals surface area (Å²) in [5.41, 5.74) is -0.343. The summed E-state index contributed by atoms with van der Waals surface area (Å²) in [7, 11) is 0. The molecule has 8 heteroatoms. The number of allylic oxidation sites excluding steroid dienone is 12. The lowest BCUT2D eigenvalue weighted by atomic mass is 10.1. The molecule has 0 atom stereocenters. The van der Waals surface area contributed by atoms with Crippen molar-refractivity contribution in [2.75, 3.05) is 0 Å². The van der Waals surface area contributed by atoms with E-state index in [9.17, 15) is 30.0 Å². The minimum Gasteiger partial charge on any atom is -0.508 e. The van der Waals surface area contributed by atoms with Crippen LogP contribution in [0, 0.1) is 0 Å². The van der Waals surface area contributed by atoms with E-state index in [1.54, 1.807) is 0 Å². The summed E-state index contributed by atoms with van der Waals surface area (Å²) >= 11 is 0.